The minimum Gasteiger partial charge on any atom is -0.363 e. The van der Waals surface area contributed by atoms with Gasteiger partial charge in [0.1, 0.15) is 0 Å². The van der Waals surface area contributed by atoms with Crippen molar-refractivity contribution < 1.29 is 0 Å². The number of allylic oxidation sites excluding steroid dienone is 3. The Bertz CT molecular complexity index is 209. The first-order chi connectivity index (χ1) is 6.49. The van der Waals surface area contributed by atoms with Crippen LogP contribution >= 0.6 is 0 Å². The van der Waals surface area contributed by atoms with Crippen LogP contribution in [0.4, 0.5) is 0 Å². The van der Waals surface area contributed by atoms with E-state index in [0.717, 1.165) is 5.70 Å². The number of hydrogen-bond acceptors (Lipinski definition) is 1. The topological polar surface area (TPSA) is 12.0 Å². The van der Waals surface area contributed by atoms with Crippen LogP contribution in [0.15, 0.2) is 23.5 Å². The van der Waals surface area contributed by atoms with Crippen LogP contribution in [0.1, 0.15) is 53.9 Å². The van der Waals surface area contributed by atoms with Crippen LogP contribution in [-0.4, -0.2) is 0 Å². The molecule has 0 heterocycles. The van der Waals surface area contributed by atoms with Gasteiger partial charge in [0.15, 0.2) is 0 Å². The van der Waals surface area contributed by atoms with Crippen LogP contribution in [-0.2, 0) is 0 Å². The van der Waals surface area contributed by atoms with E-state index in [0.29, 0.717) is 5.92 Å². The van der Waals surface area contributed by atoms with E-state index in [1.165, 1.54) is 30.5 Å². The Labute approximate surface area is 89.3 Å². The minimum atomic E-state index is 0.573. The maximum Gasteiger partial charge on any atom is 0.0104 e. The summed E-state index contributed by atoms with van der Waals surface area (Å²) in [4.78, 5) is 0. The molecule has 0 aliphatic rings. The van der Waals surface area contributed by atoms with Crippen molar-refractivity contribution in [3.63, 3.8) is 0 Å². The average molecular weight is 195 g/mol. The average Bonchev–Trinajstić information content (AvgIpc) is 2.13. The van der Waals surface area contributed by atoms with Gasteiger partial charge in [0.05, 0.1) is 0 Å². The summed E-state index contributed by atoms with van der Waals surface area (Å²) >= 11 is 0. The van der Waals surface area contributed by atoms with Crippen LogP contribution < -0.4 is 5.32 Å². The molecule has 1 nitrogen and oxygen atoms in total. The van der Waals surface area contributed by atoms with Crippen LogP contribution in [0.3, 0.4) is 0 Å². The molecular weight excluding hydrogens is 170 g/mol. The molecule has 0 fully saturated rings. The summed E-state index contributed by atoms with van der Waals surface area (Å²) in [5, 5.41) is 3.37. The molecule has 0 rings (SSSR count). The Hall–Kier alpha value is -0.720. The van der Waals surface area contributed by atoms with Gasteiger partial charge in [-0.15, -0.1) is 0 Å². The molecule has 0 spiro atoms. The molecule has 0 radical (unpaired) electrons. The van der Waals surface area contributed by atoms with Crippen molar-refractivity contribution in [1.29, 1.82) is 0 Å². The molecule has 0 aromatic heterocycles. The fraction of sp³-hybridized carbons (Fsp3) is 0.692. The molecule has 0 saturated heterocycles. The van der Waals surface area contributed by atoms with Crippen LogP contribution in [0.2, 0.25) is 0 Å². The lowest BCUT2D eigenvalue weighted by molar-refractivity contribution is 0.549. The Morgan fingerprint density at radius 3 is 2.29 bits per heavy atom. The van der Waals surface area contributed by atoms with Crippen molar-refractivity contribution in [2.75, 3.05) is 0 Å². The monoisotopic (exact) mass is 195 g/mol. The van der Waals surface area contributed by atoms with Crippen molar-refractivity contribution in [1.82, 2.24) is 5.32 Å². The summed E-state index contributed by atoms with van der Waals surface area (Å²) in [6.07, 6.45) is 3.79. The molecule has 0 bridgehead atoms. The maximum atomic E-state index is 4.08. The molecule has 0 aromatic carbocycles. The Morgan fingerprint density at radius 2 is 1.86 bits per heavy atom. The van der Waals surface area contributed by atoms with Gasteiger partial charge >= 0.3 is 0 Å². The largest absolute Gasteiger partial charge is 0.363 e. The van der Waals surface area contributed by atoms with E-state index in [1.54, 1.807) is 0 Å². The quantitative estimate of drug-likeness (QED) is 0.669. The Kier molecular flexibility index (Phi) is 6.35. The van der Waals surface area contributed by atoms with E-state index in [-0.39, 0.29) is 0 Å². The highest BCUT2D eigenvalue weighted by atomic mass is 14.9. The summed E-state index contributed by atoms with van der Waals surface area (Å²) < 4.78 is 0. The third-order valence-corrected chi connectivity index (χ3v) is 2.68. The predicted molar refractivity (Wildman–Crippen MR) is 65.0 cm³/mol. The van der Waals surface area contributed by atoms with Crippen molar-refractivity contribution in [3.05, 3.63) is 23.5 Å². The molecular formula is C13H25N. The van der Waals surface area contributed by atoms with E-state index >= 15 is 0 Å². The van der Waals surface area contributed by atoms with Crippen LogP contribution in [0.5, 0.6) is 0 Å². The highest BCUT2D eigenvalue weighted by molar-refractivity contribution is 5.12. The summed E-state index contributed by atoms with van der Waals surface area (Å²) in [6, 6.07) is 0. The Balaban J connectivity index is 4.02. The Morgan fingerprint density at radius 1 is 1.29 bits per heavy atom. The number of hydrogen-bond donors (Lipinski definition) is 1. The molecule has 0 aliphatic heterocycles. The first-order valence-corrected chi connectivity index (χ1v) is 5.58. The molecule has 82 valence electrons. The lowest BCUT2D eigenvalue weighted by Gasteiger charge is -2.17. The van der Waals surface area contributed by atoms with Crippen LogP contribution in [0, 0.1) is 5.92 Å². The zero-order valence-electron chi connectivity index (χ0n) is 10.4. The van der Waals surface area contributed by atoms with Gasteiger partial charge in [0.25, 0.3) is 0 Å². The summed E-state index contributed by atoms with van der Waals surface area (Å²) in [5.74, 6) is 0.573. The first kappa shape index (κ1) is 13.3. The highest BCUT2D eigenvalue weighted by Crippen LogP contribution is 2.15. The molecule has 1 N–H and O–H groups in total. The smallest absolute Gasteiger partial charge is 0.0104 e. The molecule has 14 heavy (non-hydrogen) atoms. The summed E-state index contributed by atoms with van der Waals surface area (Å²) in [5.41, 5.74) is 3.71. The molecule has 1 unspecified atom stereocenters. The van der Waals surface area contributed by atoms with Gasteiger partial charge in [0.2, 0.25) is 0 Å². The standard InChI is InChI=1S/C13H25N/c1-7-8-9-11(4)13(6)14-12(5)10(2)3/h11,14H,6-9H2,1-5H3. The normalized spacial score (nSPS) is 12.1. The zero-order chi connectivity index (χ0) is 11.1. The van der Waals surface area contributed by atoms with Gasteiger partial charge < -0.3 is 5.32 Å². The lowest BCUT2D eigenvalue weighted by atomic mass is 10.0. The second kappa shape index (κ2) is 6.69. The lowest BCUT2D eigenvalue weighted by Crippen LogP contribution is -2.16. The van der Waals surface area contributed by atoms with Gasteiger partial charge in [-0.1, -0.05) is 38.8 Å². The zero-order valence-corrected chi connectivity index (χ0v) is 10.4. The SMILES string of the molecule is C=C(NC(C)=C(C)C)C(C)CCCC. The van der Waals surface area contributed by atoms with Gasteiger partial charge in [0, 0.05) is 11.4 Å². The minimum absolute atomic E-state index is 0.573. The maximum absolute atomic E-state index is 4.08. The van der Waals surface area contributed by atoms with E-state index in [9.17, 15) is 0 Å². The molecule has 0 saturated carbocycles. The van der Waals surface area contributed by atoms with Gasteiger partial charge in [-0.05, 0) is 33.1 Å². The fourth-order valence-electron chi connectivity index (χ4n) is 1.17. The summed E-state index contributed by atoms with van der Waals surface area (Å²) in [6.45, 7) is 14.9. The third kappa shape index (κ3) is 5.11. The second-order valence-electron chi connectivity index (χ2n) is 4.32. The van der Waals surface area contributed by atoms with Crippen LogP contribution in [0.25, 0.3) is 0 Å². The number of nitrogens with one attached hydrogen (secondary N) is 1. The van der Waals surface area contributed by atoms with Crippen molar-refractivity contribution in [2.24, 2.45) is 5.92 Å². The van der Waals surface area contributed by atoms with Gasteiger partial charge in [-0.3, -0.25) is 0 Å². The molecule has 1 atom stereocenters. The third-order valence-electron chi connectivity index (χ3n) is 2.68. The highest BCUT2D eigenvalue weighted by Gasteiger charge is 2.06. The molecule has 0 aliphatic carbocycles. The molecule has 1 heteroatoms. The van der Waals surface area contributed by atoms with E-state index < -0.39 is 0 Å². The van der Waals surface area contributed by atoms with Crippen molar-refractivity contribution in [3.8, 4) is 0 Å². The predicted octanol–water partition coefficient (Wildman–Crippen LogP) is 4.23. The number of rotatable bonds is 6. The van der Waals surface area contributed by atoms with E-state index in [4.69, 9.17) is 0 Å². The van der Waals surface area contributed by atoms with Gasteiger partial charge in [-0.2, -0.15) is 0 Å². The molecule has 0 amide bonds. The van der Waals surface area contributed by atoms with Crippen molar-refractivity contribution in [2.45, 2.75) is 53.9 Å². The molecule has 0 aromatic rings. The number of unbranched alkanes of at least 4 members (excludes halogenated alkanes) is 1. The fourth-order valence-corrected chi connectivity index (χ4v) is 1.17. The summed E-state index contributed by atoms with van der Waals surface area (Å²) in [7, 11) is 0. The first-order valence-electron chi connectivity index (χ1n) is 5.58. The van der Waals surface area contributed by atoms with Gasteiger partial charge in [-0.25, -0.2) is 0 Å². The van der Waals surface area contributed by atoms with E-state index in [2.05, 4.69) is 46.5 Å². The second-order valence-corrected chi connectivity index (χ2v) is 4.32. The van der Waals surface area contributed by atoms with Crippen molar-refractivity contribution >= 4 is 0 Å². The van der Waals surface area contributed by atoms with E-state index in [1.807, 2.05) is 0 Å².